The Labute approximate surface area is 146 Å². The van der Waals surface area contributed by atoms with E-state index in [0.717, 1.165) is 19.3 Å². The van der Waals surface area contributed by atoms with Crippen molar-refractivity contribution in [2.24, 2.45) is 23.5 Å². The van der Waals surface area contributed by atoms with Gasteiger partial charge in [-0.15, -0.1) is 12.4 Å². The Balaban J connectivity index is 0.00000208. The number of nitrogens with zero attached hydrogens (tertiary/aromatic N) is 1. The van der Waals surface area contributed by atoms with E-state index in [1.807, 2.05) is 0 Å². The molecule has 1 saturated heterocycles. The van der Waals surface area contributed by atoms with Crippen molar-refractivity contribution in [1.29, 1.82) is 0 Å². The molecule has 3 unspecified atom stereocenters. The average Bonchev–Trinajstić information content (AvgIpc) is 2.45. The largest absolute Gasteiger partial charge is 0.418 e. The summed E-state index contributed by atoms with van der Waals surface area (Å²) in [4.78, 5) is 13.9. The van der Waals surface area contributed by atoms with Crippen molar-refractivity contribution in [1.82, 2.24) is 4.90 Å². The first-order valence-electron chi connectivity index (χ1n) is 8.55. The van der Waals surface area contributed by atoms with E-state index in [4.69, 9.17) is 5.73 Å². The molecule has 4 nitrogen and oxygen atoms in total. The van der Waals surface area contributed by atoms with Crippen LogP contribution >= 0.6 is 12.4 Å². The molecule has 0 spiro atoms. The Bertz CT molecular complexity index is 463. The summed E-state index contributed by atoms with van der Waals surface area (Å²) in [5, 5.41) is 9.89. The smallest absolute Gasteiger partial charge is 0.379 e. The van der Waals surface area contributed by atoms with E-state index in [1.54, 1.807) is 0 Å². The van der Waals surface area contributed by atoms with Crippen LogP contribution in [0, 0.1) is 17.8 Å². The molecule has 0 radical (unpaired) electrons. The van der Waals surface area contributed by atoms with Gasteiger partial charge in [-0.3, -0.25) is 4.79 Å². The van der Waals surface area contributed by atoms with Gasteiger partial charge < -0.3 is 15.7 Å². The minimum Gasteiger partial charge on any atom is -0.379 e. The normalized spacial score (nSPS) is 40.0. The maximum atomic E-state index is 13.0. The minimum atomic E-state index is -4.70. The number of rotatable bonds is 1. The number of nitrogens with two attached hydrogens (primary N) is 1. The van der Waals surface area contributed by atoms with Gasteiger partial charge >= 0.3 is 6.18 Å². The number of halogens is 4. The molecule has 2 saturated carbocycles. The summed E-state index contributed by atoms with van der Waals surface area (Å²) in [5.41, 5.74) is 3.45. The van der Waals surface area contributed by atoms with Gasteiger partial charge in [0, 0.05) is 18.5 Å². The topological polar surface area (TPSA) is 66.6 Å². The lowest BCUT2D eigenvalue weighted by atomic mass is 9.65. The molecule has 140 valence electrons. The van der Waals surface area contributed by atoms with Gasteiger partial charge in [0.1, 0.15) is 0 Å². The summed E-state index contributed by atoms with van der Waals surface area (Å²) in [6.45, 7) is -0.331. The summed E-state index contributed by atoms with van der Waals surface area (Å²) >= 11 is 0. The predicted octanol–water partition coefficient (Wildman–Crippen LogP) is 2.48. The molecule has 0 aromatic rings. The van der Waals surface area contributed by atoms with Crippen LogP contribution in [0.3, 0.4) is 0 Å². The number of carbonyl (C=O) groups is 1. The molecule has 1 amide bonds. The first kappa shape index (κ1) is 19.8. The van der Waals surface area contributed by atoms with E-state index in [9.17, 15) is 23.1 Å². The molecule has 24 heavy (non-hydrogen) atoms. The number of likely N-dealkylation sites (tertiary alicyclic amines) is 1. The number of hydrogen-bond donors (Lipinski definition) is 2. The third-order valence-electron chi connectivity index (χ3n) is 6.07. The van der Waals surface area contributed by atoms with Crippen molar-refractivity contribution >= 4 is 18.3 Å². The molecule has 3 fully saturated rings. The second-order valence-corrected chi connectivity index (χ2v) is 7.59. The zero-order valence-corrected chi connectivity index (χ0v) is 14.4. The first-order chi connectivity index (χ1) is 10.7. The summed E-state index contributed by atoms with van der Waals surface area (Å²) in [5.74, 6) is 0.155. The average molecular weight is 371 g/mol. The molecule has 3 atom stereocenters. The van der Waals surface area contributed by atoms with Crippen molar-refractivity contribution in [2.45, 2.75) is 62.8 Å². The molecule has 2 aliphatic carbocycles. The van der Waals surface area contributed by atoms with E-state index in [-0.39, 0.29) is 43.1 Å². The highest BCUT2D eigenvalue weighted by Gasteiger charge is 2.56. The number of piperidine rings is 1. The fourth-order valence-electron chi connectivity index (χ4n) is 4.70. The zero-order chi connectivity index (χ0) is 16.8. The number of amides is 1. The summed E-state index contributed by atoms with van der Waals surface area (Å²) in [6, 6.07) is 0.126. The molecular weight excluding hydrogens is 345 g/mol. The SMILES string of the molecule is Cl.NC1C2CCCC1CC(C(=O)N1CCCC(O)(C(F)(F)F)C1)C2. The molecule has 3 aliphatic rings. The molecule has 0 aromatic heterocycles. The fourth-order valence-corrected chi connectivity index (χ4v) is 4.70. The Morgan fingerprint density at radius 2 is 1.75 bits per heavy atom. The number of hydrogen-bond acceptors (Lipinski definition) is 3. The van der Waals surface area contributed by atoms with Gasteiger partial charge in [0.25, 0.3) is 0 Å². The van der Waals surface area contributed by atoms with Gasteiger partial charge in [-0.1, -0.05) is 6.42 Å². The summed E-state index contributed by atoms with van der Waals surface area (Å²) in [7, 11) is 0. The Hall–Kier alpha value is -0.530. The third-order valence-corrected chi connectivity index (χ3v) is 6.07. The Kier molecular flexibility index (Phi) is 5.77. The zero-order valence-electron chi connectivity index (χ0n) is 13.6. The van der Waals surface area contributed by atoms with Crippen molar-refractivity contribution < 1.29 is 23.1 Å². The van der Waals surface area contributed by atoms with Gasteiger partial charge in [0.2, 0.25) is 5.91 Å². The second kappa shape index (κ2) is 7.00. The Morgan fingerprint density at radius 3 is 2.29 bits per heavy atom. The molecule has 3 N–H and O–H groups in total. The minimum absolute atomic E-state index is 0. The third kappa shape index (κ3) is 3.53. The van der Waals surface area contributed by atoms with Gasteiger partial charge in [0.15, 0.2) is 5.60 Å². The molecule has 1 aliphatic heterocycles. The molecule has 1 heterocycles. The monoisotopic (exact) mass is 370 g/mol. The van der Waals surface area contributed by atoms with Crippen LogP contribution in [0.15, 0.2) is 0 Å². The van der Waals surface area contributed by atoms with Gasteiger partial charge in [-0.2, -0.15) is 13.2 Å². The highest BCUT2D eigenvalue weighted by molar-refractivity contribution is 5.85. The summed E-state index contributed by atoms with van der Waals surface area (Å²) in [6.07, 6.45) is -0.350. The van der Waals surface area contributed by atoms with Crippen molar-refractivity contribution in [3.05, 3.63) is 0 Å². The van der Waals surface area contributed by atoms with Crippen LogP contribution < -0.4 is 5.73 Å². The standard InChI is InChI=1S/C16H25F3N2O2.ClH/c17-16(18,19)15(23)5-2-6-21(9-15)14(22)12-7-10-3-1-4-11(8-12)13(10)20;/h10-13,23H,1-9,20H2;1H. The number of aliphatic hydroxyl groups is 1. The van der Waals surface area contributed by atoms with E-state index in [0.29, 0.717) is 31.2 Å². The quantitative estimate of drug-likeness (QED) is 0.745. The van der Waals surface area contributed by atoms with Crippen LogP contribution in [0.2, 0.25) is 0 Å². The van der Waals surface area contributed by atoms with Crippen LogP contribution in [-0.4, -0.2) is 46.8 Å². The molecule has 0 aromatic carbocycles. The predicted molar refractivity (Wildman–Crippen MR) is 85.6 cm³/mol. The van der Waals surface area contributed by atoms with E-state index in [2.05, 4.69) is 0 Å². The van der Waals surface area contributed by atoms with Crippen molar-refractivity contribution in [3.8, 4) is 0 Å². The Morgan fingerprint density at radius 1 is 1.17 bits per heavy atom. The van der Waals surface area contributed by atoms with Gasteiger partial charge in [-0.25, -0.2) is 0 Å². The second-order valence-electron chi connectivity index (χ2n) is 7.59. The van der Waals surface area contributed by atoms with E-state index in [1.165, 1.54) is 4.90 Å². The van der Waals surface area contributed by atoms with E-state index < -0.39 is 18.3 Å². The molecule has 2 bridgehead atoms. The van der Waals surface area contributed by atoms with Crippen LogP contribution in [0.4, 0.5) is 13.2 Å². The van der Waals surface area contributed by atoms with Crippen LogP contribution in [0.5, 0.6) is 0 Å². The lowest BCUT2D eigenvalue weighted by Crippen LogP contribution is -2.59. The maximum absolute atomic E-state index is 13.0. The molecule has 3 rings (SSSR count). The first-order valence-corrected chi connectivity index (χ1v) is 8.55. The number of fused-ring (bicyclic) bond motifs is 2. The maximum Gasteiger partial charge on any atom is 0.418 e. The number of carbonyl (C=O) groups excluding carboxylic acids is 1. The fraction of sp³-hybridized carbons (Fsp3) is 0.938. The van der Waals surface area contributed by atoms with Crippen LogP contribution in [0.25, 0.3) is 0 Å². The molecule has 8 heteroatoms. The van der Waals surface area contributed by atoms with Crippen LogP contribution in [0.1, 0.15) is 44.9 Å². The lowest BCUT2D eigenvalue weighted by Gasteiger charge is -2.46. The molecular formula is C16H26ClF3N2O2. The summed E-state index contributed by atoms with van der Waals surface area (Å²) < 4.78 is 39.1. The lowest BCUT2D eigenvalue weighted by molar-refractivity contribution is -0.273. The van der Waals surface area contributed by atoms with Crippen molar-refractivity contribution in [2.75, 3.05) is 13.1 Å². The van der Waals surface area contributed by atoms with Gasteiger partial charge in [0.05, 0.1) is 6.54 Å². The highest BCUT2D eigenvalue weighted by atomic mass is 35.5. The van der Waals surface area contributed by atoms with Crippen molar-refractivity contribution in [3.63, 3.8) is 0 Å². The highest BCUT2D eigenvalue weighted by Crippen LogP contribution is 2.43. The number of alkyl halides is 3. The van der Waals surface area contributed by atoms with E-state index >= 15 is 0 Å². The van der Waals surface area contributed by atoms with Crippen LogP contribution in [-0.2, 0) is 4.79 Å². The van der Waals surface area contributed by atoms with Gasteiger partial charge in [-0.05, 0) is 50.4 Å². The number of β-amino-alcohol motifs (C(OH)–C–C–N with tert-alkyl or cyclic N) is 1.